The lowest BCUT2D eigenvalue weighted by molar-refractivity contribution is -0.136. The van der Waals surface area contributed by atoms with Gasteiger partial charge in [-0.25, -0.2) is 4.79 Å². The van der Waals surface area contributed by atoms with Crippen LogP contribution < -0.4 is 21.0 Å². The summed E-state index contributed by atoms with van der Waals surface area (Å²) in [6.45, 7) is 0.645. The summed E-state index contributed by atoms with van der Waals surface area (Å²) < 4.78 is 1.32. The van der Waals surface area contributed by atoms with Crippen molar-refractivity contribution < 1.29 is 9.90 Å². The van der Waals surface area contributed by atoms with Crippen molar-refractivity contribution in [1.29, 1.82) is 0 Å². The van der Waals surface area contributed by atoms with Gasteiger partial charge in [-0.2, -0.15) is 0 Å². The lowest BCUT2D eigenvalue weighted by atomic mass is 10.4. The summed E-state index contributed by atoms with van der Waals surface area (Å²) in [5.74, 6) is -0.451. The van der Waals surface area contributed by atoms with Crippen molar-refractivity contribution in [3.05, 3.63) is 20.8 Å². The van der Waals surface area contributed by atoms with E-state index < -0.39 is 17.2 Å². The first-order chi connectivity index (χ1) is 8.41. The number of fused-ring (bicyclic) bond motifs is 1. The van der Waals surface area contributed by atoms with Gasteiger partial charge in [-0.1, -0.05) is 0 Å². The topological polar surface area (TPSA) is 98.6 Å². The fraction of sp³-hybridized carbons (Fsp3) is 0.500. The first-order valence-corrected chi connectivity index (χ1v) is 5.43. The number of rotatable bonds is 3. The zero-order valence-electron chi connectivity index (χ0n) is 10.1. The van der Waals surface area contributed by atoms with Gasteiger partial charge in [0.2, 0.25) is 0 Å². The number of hydrogen-bond donors (Lipinski definition) is 2. The number of hydrogen-bond acceptors (Lipinski definition) is 5. The maximum Gasteiger partial charge on any atom is 0.329 e. The number of carboxylic acid groups (broad SMARTS) is 1. The average Bonchev–Trinajstić information content (AvgIpc) is 2.61. The van der Waals surface area contributed by atoms with Crippen molar-refractivity contribution in [1.82, 2.24) is 9.55 Å². The van der Waals surface area contributed by atoms with Crippen LogP contribution in [0.1, 0.15) is 6.42 Å². The molecule has 0 spiro atoms. The molecular weight excluding hydrogens is 240 g/mol. The molecule has 0 atom stereocenters. The molecular formula is C10H14N4O4. The van der Waals surface area contributed by atoms with Crippen LogP contribution in [-0.4, -0.2) is 40.9 Å². The van der Waals surface area contributed by atoms with E-state index >= 15 is 0 Å². The quantitative estimate of drug-likeness (QED) is 0.700. The maximum absolute atomic E-state index is 11.7. The SMILES string of the molecule is CN1CN(CCC(=O)O)c2c1c(=O)[nH]c(=O)n2C. The molecule has 1 aliphatic heterocycles. The molecule has 2 N–H and O–H groups in total. The molecule has 2 heterocycles. The lowest BCUT2D eigenvalue weighted by Gasteiger charge is -2.19. The van der Waals surface area contributed by atoms with Crippen LogP contribution in [0.2, 0.25) is 0 Å². The van der Waals surface area contributed by atoms with E-state index in [4.69, 9.17) is 5.11 Å². The third-order valence-electron chi connectivity index (χ3n) is 2.93. The van der Waals surface area contributed by atoms with E-state index in [1.807, 2.05) is 0 Å². The minimum absolute atomic E-state index is 0.0474. The third kappa shape index (κ3) is 1.85. The van der Waals surface area contributed by atoms with E-state index in [2.05, 4.69) is 4.98 Å². The van der Waals surface area contributed by atoms with Crippen LogP contribution in [0.5, 0.6) is 0 Å². The van der Waals surface area contributed by atoms with E-state index in [9.17, 15) is 14.4 Å². The average molecular weight is 254 g/mol. The molecule has 0 aromatic carbocycles. The van der Waals surface area contributed by atoms with Crippen LogP contribution in [0.25, 0.3) is 0 Å². The van der Waals surface area contributed by atoms with Gasteiger partial charge in [0.15, 0.2) is 0 Å². The number of carbonyl (C=O) groups is 1. The zero-order chi connectivity index (χ0) is 13.4. The zero-order valence-corrected chi connectivity index (χ0v) is 10.1. The largest absolute Gasteiger partial charge is 0.481 e. The van der Waals surface area contributed by atoms with E-state index in [-0.39, 0.29) is 13.0 Å². The Morgan fingerprint density at radius 3 is 2.67 bits per heavy atom. The van der Waals surface area contributed by atoms with Crippen LogP contribution in [0.3, 0.4) is 0 Å². The number of aromatic amines is 1. The molecule has 0 fully saturated rings. The maximum atomic E-state index is 11.7. The molecule has 0 bridgehead atoms. The predicted octanol–water partition coefficient (Wildman–Crippen LogP) is -1.24. The monoisotopic (exact) mass is 254 g/mol. The Bertz CT molecular complexity index is 603. The summed E-state index contributed by atoms with van der Waals surface area (Å²) in [6.07, 6.45) is -0.0474. The second-order valence-corrected chi connectivity index (χ2v) is 4.24. The van der Waals surface area contributed by atoms with Crippen molar-refractivity contribution in [2.24, 2.45) is 7.05 Å². The standard InChI is InChI=1S/C10H14N4O4/c1-12-5-14(4-3-6(15)16)9-7(12)8(17)11-10(18)13(9)2/h3-5H2,1-2H3,(H,15,16)(H,11,17,18). The van der Waals surface area contributed by atoms with E-state index in [1.54, 1.807) is 23.9 Å². The molecule has 8 nitrogen and oxygen atoms in total. The second kappa shape index (κ2) is 4.21. The van der Waals surface area contributed by atoms with E-state index in [0.29, 0.717) is 18.2 Å². The van der Waals surface area contributed by atoms with Crippen LogP contribution in [0.15, 0.2) is 9.59 Å². The van der Waals surface area contributed by atoms with Crippen LogP contribution in [0.4, 0.5) is 11.5 Å². The molecule has 0 amide bonds. The minimum Gasteiger partial charge on any atom is -0.481 e. The summed E-state index contributed by atoms with van der Waals surface area (Å²) in [6, 6.07) is 0. The van der Waals surface area contributed by atoms with Gasteiger partial charge in [-0.05, 0) is 0 Å². The normalized spacial score (nSPS) is 13.9. The van der Waals surface area contributed by atoms with Gasteiger partial charge in [-0.15, -0.1) is 0 Å². The molecule has 0 aliphatic carbocycles. The summed E-state index contributed by atoms with van der Waals surface area (Å²) in [5, 5.41) is 8.69. The van der Waals surface area contributed by atoms with Crippen molar-refractivity contribution in [3.8, 4) is 0 Å². The first kappa shape index (κ1) is 12.2. The van der Waals surface area contributed by atoms with Crippen LogP contribution >= 0.6 is 0 Å². The number of aliphatic carboxylic acids is 1. The van der Waals surface area contributed by atoms with E-state index in [1.165, 1.54) is 4.57 Å². The number of nitrogens with zero attached hydrogens (tertiary/aromatic N) is 3. The van der Waals surface area contributed by atoms with Gasteiger partial charge < -0.3 is 14.9 Å². The highest BCUT2D eigenvalue weighted by Gasteiger charge is 2.29. The molecule has 18 heavy (non-hydrogen) atoms. The summed E-state index contributed by atoms with van der Waals surface area (Å²) in [5.41, 5.74) is -0.565. The Labute approximate surface area is 102 Å². The van der Waals surface area contributed by atoms with Crippen LogP contribution in [-0.2, 0) is 11.8 Å². The van der Waals surface area contributed by atoms with E-state index in [0.717, 1.165) is 0 Å². The molecule has 0 radical (unpaired) electrons. The summed E-state index contributed by atoms with van der Waals surface area (Å²) in [7, 11) is 3.27. The lowest BCUT2D eigenvalue weighted by Crippen LogP contribution is -2.33. The number of aromatic nitrogens is 2. The molecule has 1 aromatic heterocycles. The Morgan fingerprint density at radius 1 is 1.39 bits per heavy atom. The third-order valence-corrected chi connectivity index (χ3v) is 2.93. The van der Waals surface area contributed by atoms with Crippen molar-refractivity contribution >= 4 is 17.5 Å². The smallest absolute Gasteiger partial charge is 0.329 e. The highest BCUT2D eigenvalue weighted by atomic mass is 16.4. The minimum atomic E-state index is -0.916. The molecule has 0 unspecified atom stereocenters. The Hall–Kier alpha value is -2.25. The van der Waals surface area contributed by atoms with Gasteiger partial charge in [0.1, 0.15) is 11.5 Å². The molecule has 1 aliphatic rings. The summed E-state index contributed by atoms with van der Waals surface area (Å²) in [4.78, 5) is 39.5. The van der Waals surface area contributed by atoms with Crippen molar-refractivity contribution in [2.75, 3.05) is 30.1 Å². The number of nitrogens with one attached hydrogen (secondary N) is 1. The van der Waals surface area contributed by atoms with Crippen LogP contribution in [0, 0.1) is 0 Å². The van der Waals surface area contributed by atoms with Crippen molar-refractivity contribution in [2.45, 2.75) is 6.42 Å². The number of carboxylic acids is 1. The van der Waals surface area contributed by atoms with Gasteiger partial charge in [-0.3, -0.25) is 19.1 Å². The molecule has 0 saturated heterocycles. The highest BCUT2D eigenvalue weighted by Crippen LogP contribution is 2.29. The molecule has 8 heteroatoms. The fourth-order valence-electron chi connectivity index (χ4n) is 2.10. The van der Waals surface area contributed by atoms with Crippen molar-refractivity contribution in [3.63, 3.8) is 0 Å². The number of H-pyrrole nitrogens is 1. The van der Waals surface area contributed by atoms with Gasteiger partial charge in [0, 0.05) is 20.6 Å². The molecule has 2 rings (SSSR count). The predicted molar refractivity (Wildman–Crippen MR) is 65.2 cm³/mol. The Balaban J connectivity index is 2.47. The van der Waals surface area contributed by atoms with Gasteiger partial charge >= 0.3 is 11.7 Å². The number of anilines is 2. The van der Waals surface area contributed by atoms with Gasteiger partial charge in [0.05, 0.1) is 13.1 Å². The Morgan fingerprint density at radius 2 is 2.06 bits per heavy atom. The van der Waals surface area contributed by atoms with Gasteiger partial charge in [0.25, 0.3) is 5.56 Å². The summed E-state index contributed by atoms with van der Waals surface area (Å²) >= 11 is 0. The Kier molecular flexibility index (Phi) is 2.85. The fourth-order valence-corrected chi connectivity index (χ4v) is 2.10. The molecule has 98 valence electrons. The molecule has 0 saturated carbocycles. The first-order valence-electron chi connectivity index (χ1n) is 5.43. The second-order valence-electron chi connectivity index (χ2n) is 4.24. The molecule has 1 aromatic rings. The highest BCUT2D eigenvalue weighted by molar-refractivity contribution is 5.73.